The van der Waals surface area contributed by atoms with Gasteiger partial charge in [-0.05, 0) is 24.7 Å². The standard InChI is InChI=1S/C15H17P.2ClH/c1-2-13-16(14-9-5-3-6-10-14)15-11-7-4-8-12-15;;/h3-12H,2,13H2,1H3;2*1H. The van der Waals surface area contributed by atoms with Gasteiger partial charge < -0.3 is 0 Å². The van der Waals surface area contributed by atoms with Gasteiger partial charge in [-0.15, -0.1) is 24.8 Å². The third-order valence-electron chi connectivity index (χ3n) is 2.58. The minimum absolute atomic E-state index is 0. The van der Waals surface area contributed by atoms with E-state index >= 15 is 0 Å². The van der Waals surface area contributed by atoms with E-state index in [1.54, 1.807) is 0 Å². The first-order valence-electron chi connectivity index (χ1n) is 5.79. The number of halogens is 2. The van der Waals surface area contributed by atoms with E-state index in [2.05, 4.69) is 67.6 Å². The van der Waals surface area contributed by atoms with Gasteiger partial charge in [0.2, 0.25) is 0 Å². The second kappa shape index (κ2) is 9.39. The lowest BCUT2D eigenvalue weighted by molar-refractivity contribution is 1.10. The van der Waals surface area contributed by atoms with Gasteiger partial charge in [0.1, 0.15) is 0 Å². The van der Waals surface area contributed by atoms with Gasteiger partial charge in [0.25, 0.3) is 0 Å². The molecule has 0 aliphatic heterocycles. The van der Waals surface area contributed by atoms with E-state index in [1.165, 1.54) is 23.2 Å². The topological polar surface area (TPSA) is 0 Å². The molecule has 0 N–H and O–H groups in total. The predicted molar refractivity (Wildman–Crippen MR) is 88.7 cm³/mol. The summed E-state index contributed by atoms with van der Waals surface area (Å²) in [6.45, 7) is 2.27. The highest BCUT2D eigenvalue weighted by atomic mass is 35.5. The molecule has 2 aromatic rings. The fourth-order valence-electron chi connectivity index (χ4n) is 1.85. The molecule has 18 heavy (non-hydrogen) atoms. The highest BCUT2D eigenvalue weighted by molar-refractivity contribution is 7.73. The molecule has 98 valence electrons. The van der Waals surface area contributed by atoms with E-state index in [4.69, 9.17) is 0 Å². The average Bonchev–Trinajstić information content (AvgIpc) is 2.38. The SMILES string of the molecule is CCCP(c1ccccc1)c1ccccc1.Cl.Cl. The summed E-state index contributed by atoms with van der Waals surface area (Å²) in [5.41, 5.74) is 0. The van der Waals surface area contributed by atoms with E-state index in [-0.39, 0.29) is 32.7 Å². The Morgan fingerprint density at radius 3 is 1.44 bits per heavy atom. The highest BCUT2D eigenvalue weighted by Crippen LogP contribution is 2.33. The quantitative estimate of drug-likeness (QED) is 0.736. The van der Waals surface area contributed by atoms with Crippen molar-refractivity contribution in [2.75, 3.05) is 6.16 Å². The van der Waals surface area contributed by atoms with Gasteiger partial charge in [0.05, 0.1) is 0 Å². The van der Waals surface area contributed by atoms with Crippen LogP contribution in [0, 0.1) is 0 Å². The first-order chi connectivity index (χ1) is 7.92. The van der Waals surface area contributed by atoms with Crippen LogP contribution in [-0.4, -0.2) is 6.16 Å². The minimum Gasteiger partial charge on any atom is -0.147 e. The molecule has 0 aromatic heterocycles. The van der Waals surface area contributed by atoms with Crippen LogP contribution >= 0.6 is 32.7 Å². The average molecular weight is 301 g/mol. The molecule has 0 nitrogen and oxygen atoms in total. The van der Waals surface area contributed by atoms with Gasteiger partial charge in [-0.25, -0.2) is 0 Å². The maximum absolute atomic E-state index is 2.27. The van der Waals surface area contributed by atoms with Gasteiger partial charge in [0, 0.05) is 0 Å². The van der Waals surface area contributed by atoms with Crippen molar-refractivity contribution in [3.05, 3.63) is 60.7 Å². The third kappa shape index (κ3) is 4.61. The van der Waals surface area contributed by atoms with Gasteiger partial charge in [-0.3, -0.25) is 0 Å². The van der Waals surface area contributed by atoms with E-state index in [1.807, 2.05) is 0 Å². The van der Waals surface area contributed by atoms with Crippen molar-refractivity contribution in [2.45, 2.75) is 13.3 Å². The fourth-order valence-corrected chi connectivity index (χ4v) is 4.17. The lowest BCUT2D eigenvalue weighted by atomic mass is 10.4. The van der Waals surface area contributed by atoms with Crippen molar-refractivity contribution < 1.29 is 0 Å². The van der Waals surface area contributed by atoms with Gasteiger partial charge in [-0.1, -0.05) is 74.0 Å². The van der Waals surface area contributed by atoms with E-state index in [9.17, 15) is 0 Å². The Morgan fingerprint density at radius 1 is 0.722 bits per heavy atom. The summed E-state index contributed by atoms with van der Waals surface area (Å²) < 4.78 is 0. The zero-order chi connectivity index (χ0) is 11.2. The third-order valence-corrected chi connectivity index (χ3v) is 5.32. The van der Waals surface area contributed by atoms with Gasteiger partial charge in [-0.2, -0.15) is 0 Å². The molecule has 0 fully saturated rings. The molecule has 0 saturated heterocycles. The molecule has 0 radical (unpaired) electrons. The Balaban J connectivity index is 0.00000144. The summed E-state index contributed by atoms with van der Waals surface area (Å²) in [5, 5.41) is 2.98. The van der Waals surface area contributed by atoms with Crippen LogP contribution in [-0.2, 0) is 0 Å². The van der Waals surface area contributed by atoms with Crippen molar-refractivity contribution >= 4 is 43.3 Å². The van der Waals surface area contributed by atoms with Gasteiger partial charge in [0.15, 0.2) is 0 Å². The van der Waals surface area contributed by atoms with Crippen molar-refractivity contribution in [2.24, 2.45) is 0 Å². The lowest BCUT2D eigenvalue weighted by Crippen LogP contribution is -2.13. The first-order valence-corrected chi connectivity index (χ1v) is 7.32. The van der Waals surface area contributed by atoms with E-state index < -0.39 is 0 Å². The first kappa shape index (κ1) is 17.4. The molecule has 3 heteroatoms. The summed E-state index contributed by atoms with van der Waals surface area (Å²) in [4.78, 5) is 0. The van der Waals surface area contributed by atoms with Crippen LogP contribution in [0.25, 0.3) is 0 Å². The van der Waals surface area contributed by atoms with Crippen LogP contribution in [0.3, 0.4) is 0 Å². The molecule has 0 aliphatic rings. The molecule has 2 aromatic carbocycles. The lowest BCUT2D eigenvalue weighted by Gasteiger charge is -2.17. The highest BCUT2D eigenvalue weighted by Gasteiger charge is 2.11. The summed E-state index contributed by atoms with van der Waals surface area (Å²) in [6, 6.07) is 21.8. The maximum Gasteiger partial charge on any atom is -0.0195 e. The molecule has 0 spiro atoms. The fraction of sp³-hybridized carbons (Fsp3) is 0.200. The molecule has 2 rings (SSSR count). The smallest absolute Gasteiger partial charge is 0.0195 e. The van der Waals surface area contributed by atoms with E-state index in [0.717, 1.165) is 0 Å². The Bertz CT molecular complexity index is 378. The summed E-state index contributed by atoms with van der Waals surface area (Å²) >= 11 is 0. The predicted octanol–water partition coefficient (Wildman–Crippen LogP) is 4.37. The molecular weight excluding hydrogens is 282 g/mol. The maximum atomic E-state index is 2.27. The minimum atomic E-state index is -0.151. The summed E-state index contributed by atoms with van der Waals surface area (Å²) in [6.07, 6.45) is 2.53. The number of hydrogen-bond donors (Lipinski definition) is 0. The Kier molecular flexibility index (Phi) is 9.10. The molecule has 0 amide bonds. The van der Waals surface area contributed by atoms with Crippen molar-refractivity contribution in [3.8, 4) is 0 Å². The second-order valence-corrected chi connectivity index (χ2v) is 6.16. The number of rotatable bonds is 4. The van der Waals surface area contributed by atoms with Crippen molar-refractivity contribution in [3.63, 3.8) is 0 Å². The normalized spacial score (nSPS) is 9.44. The molecule has 0 bridgehead atoms. The van der Waals surface area contributed by atoms with Crippen LogP contribution in [0.5, 0.6) is 0 Å². The van der Waals surface area contributed by atoms with Gasteiger partial charge >= 0.3 is 0 Å². The largest absolute Gasteiger partial charge is 0.147 e. The summed E-state index contributed by atoms with van der Waals surface area (Å²) in [7, 11) is -0.151. The zero-order valence-corrected chi connectivity index (χ0v) is 13.0. The molecule has 0 aliphatic carbocycles. The Morgan fingerprint density at radius 2 is 1.11 bits per heavy atom. The van der Waals surface area contributed by atoms with Crippen LogP contribution in [0.15, 0.2) is 60.7 Å². The molecular formula is C15H19Cl2P. The molecule has 0 saturated carbocycles. The van der Waals surface area contributed by atoms with Crippen LogP contribution in [0.4, 0.5) is 0 Å². The molecule has 0 unspecified atom stereocenters. The van der Waals surface area contributed by atoms with E-state index in [0.29, 0.717) is 0 Å². The molecule has 0 heterocycles. The van der Waals surface area contributed by atoms with Crippen LogP contribution < -0.4 is 10.6 Å². The van der Waals surface area contributed by atoms with Crippen LogP contribution in [0.1, 0.15) is 13.3 Å². The van der Waals surface area contributed by atoms with Crippen LogP contribution in [0.2, 0.25) is 0 Å². The van der Waals surface area contributed by atoms with Crippen molar-refractivity contribution in [1.29, 1.82) is 0 Å². The Labute approximate surface area is 123 Å². The second-order valence-electron chi connectivity index (χ2n) is 3.82. The number of benzene rings is 2. The number of hydrogen-bond acceptors (Lipinski definition) is 0. The van der Waals surface area contributed by atoms with Crippen molar-refractivity contribution in [1.82, 2.24) is 0 Å². The Hall–Kier alpha value is -0.550. The molecule has 0 atom stereocenters. The zero-order valence-electron chi connectivity index (χ0n) is 10.5. The summed E-state index contributed by atoms with van der Waals surface area (Å²) in [5.74, 6) is 0. The monoisotopic (exact) mass is 300 g/mol.